The summed E-state index contributed by atoms with van der Waals surface area (Å²) in [7, 11) is 0. The van der Waals surface area contributed by atoms with Gasteiger partial charge in [-0.1, -0.05) is 0 Å². The first-order chi connectivity index (χ1) is 12.2. The molecular weight excluding hydrogens is 462 g/mol. The molecule has 2 aromatic rings. The maximum absolute atomic E-state index is 2.44. The van der Waals surface area contributed by atoms with Gasteiger partial charge in [0.05, 0.1) is 0 Å². The van der Waals surface area contributed by atoms with E-state index in [2.05, 4.69) is 78.8 Å². The smallest absolute Gasteiger partial charge is 1.00 e. The summed E-state index contributed by atoms with van der Waals surface area (Å²) in [4.78, 5) is 0. The minimum atomic E-state index is -0.838. The monoisotopic (exact) mass is 488 g/mol. The zero-order valence-electron chi connectivity index (χ0n) is 17.8. The molecule has 0 nitrogen and oxygen atoms in total. The van der Waals surface area contributed by atoms with Crippen LogP contribution in [0.1, 0.15) is 56.9 Å². The zero-order chi connectivity index (χ0) is 18.8. The van der Waals surface area contributed by atoms with Gasteiger partial charge in [0.25, 0.3) is 0 Å². The second kappa shape index (κ2) is 8.25. The average Bonchev–Trinajstić information content (AvgIpc) is 3.01. The Kier molecular flexibility index (Phi) is 6.97. The molecule has 2 aromatic carbocycles. The fourth-order valence-corrected chi connectivity index (χ4v) is 9.04. The molecule has 3 heteroatoms. The molecule has 0 N–H and O–H groups in total. The largest absolute Gasteiger partial charge is 1.00 e. The Hall–Kier alpha value is -0.617. The number of rotatable bonds is 2. The van der Waals surface area contributed by atoms with Crippen LogP contribution in [0.15, 0.2) is 50.3 Å². The molecule has 0 aliphatic heterocycles. The summed E-state index contributed by atoms with van der Waals surface area (Å²) in [6.07, 6.45) is 1.13. The van der Waals surface area contributed by atoms with Crippen LogP contribution in [-0.4, -0.2) is 0 Å². The van der Waals surface area contributed by atoms with Crippen LogP contribution >= 0.6 is 0 Å². The van der Waals surface area contributed by atoms with Gasteiger partial charge in [0.2, 0.25) is 0 Å². The molecule has 0 heterocycles. The molecule has 146 valence electrons. The van der Waals surface area contributed by atoms with E-state index < -0.39 is 23.2 Å². The first kappa shape index (κ1) is 23.7. The molecule has 0 unspecified atom stereocenters. The number of allylic oxidation sites excluding steroid dienone is 4. The molecule has 4 rings (SSSR count). The third kappa shape index (κ3) is 3.53. The number of hydrogen-bond acceptors (Lipinski definition) is 0. The Morgan fingerprint density at radius 2 is 1.46 bits per heavy atom. The van der Waals surface area contributed by atoms with Gasteiger partial charge < -0.3 is 24.8 Å². The molecule has 0 aromatic heterocycles. The van der Waals surface area contributed by atoms with Gasteiger partial charge in [-0.05, 0) is 0 Å². The van der Waals surface area contributed by atoms with Crippen LogP contribution in [0.2, 0.25) is 0 Å². The number of hydrogen-bond donors (Lipinski definition) is 0. The first-order valence-corrected chi connectivity index (χ1v) is 12.1. The van der Waals surface area contributed by atoms with E-state index in [1.54, 1.807) is 23.3 Å². The zero-order valence-corrected chi connectivity index (χ0v) is 21.8. The van der Waals surface area contributed by atoms with Crippen LogP contribution in [-0.2, 0) is 29.7 Å². The molecule has 0 saturated heterocycles. The molecule has 0 saturated carbocycles. The summed E-state index contributed by atoms with van der Waals surface area (Å²) in [5.41, 5.74) is 14.0. The summed E-state index contributed by atoms with van der Waals surface area (Å²) in [6, 6.07) is 11.7. The Morgan fingerprint density at radius 3 is 2.07 bits per heavy atom. The molecule has 28 heavy (non-hydrogen) atoms. The van der Waals surface area contributed by atoms with Crippen molar-refractivity contribution in [3.8, 4) is 11.1 Å². The van der Waals surface area contributed by atoms with Crippen molar-refractivity contribution < 1.29 is 48.0 Å². The Morgan fingerprint density at radius 1 is 0.821 bits per heavy atom. The van der Waals surface area contributed by atoms with Crippen LogP contribution in [0, 0.1) is 19.3 Å². The quantitative estimate of drug-likeness (QED) is 0.483. The molecular formula is C25H28Cl2Zr. The third-order valence-electron chi connectivity index (χ3n) is 6.75. The minimum absolute atomic E-state index is 0. The van der Waals surface area contributed by atoms with Crippen molar-refractivity contribution in [1.29, 1.82) is 0 Å². The van der Waals surface area contributed by atoms with Crippen LogP contribution in [0.3, 0.4) is 0 Å². The van der Waals surface area contributed by atoms with Crippen molar-refractivity contribution in [2.75, 3.05) is 0 Å². The SMILES string of the molecule is CC1=C(C)C(C)(C)[C]([Zr+2][c]2c(C)ccc3c2Cc2cc(C)ccc2-3)=C1C.[Cl-].[Cl-]. The van der Waals surface area contributed by atoms with Crippen LogP contribution < -0.4 is 28.1 Å². The van der Waals surface area contributed by atoms with Crippen LogP contribution in [0.5, 0.6) is 0 Å². The second-order valence-corrected chi connectivity index (χ2v) is 11.7. The van der Waals surface area contributed by atoms with E-state index in [4.69, 9.17) is 0 Å². The summed E-state index contributed by atoms with van der Waals surface area (Å²) < 4.78 is 3.50. The Bertz CT molecular complexity index is 1010. The van der Waals surface area contributed by atoms with E-state index in [1.165, 1.54) is 33.4 Å². The van der Waals surface area contributed by atoms with E-state index in [1.807, 2.05) is 0 Å². The van der Waals surface area contributed by atoms with E-state index in [9.17, 15) is 0 Å². The minimum Gasteiger partial charge on any atom is -1.00 e. The number of halogens is 2. The van der Waals surface area contributed by atoms with Gasteiger partial charge in [0, 0.05) is 0 Å². The van der Waals surface area contributed by atoms with E-state index in [-0.39, 0.29) is 30.2 Å². The van der Waals surface area contributed by atoms with Gasteiger partial charge in [-0.3, -0.25) is 0 Å². The van der Waals surface area contributed by atoms with E-state index >= 15 is 0 Å². The van der Waals surface area contributed by atoms with Crippen LogP contribution in [0.4, 0.5) is 0 Å². The molecule has 0 spiro atoms. The van der Waals surface area contributed by atoms with Crippen molar-refractivity contribution in [2.24, 2.45) is 5.41 Å². The standard InChI is InChI=1S/C15H13.C10H15.2ClH.Zr/c1-10-3-5-14-12(7-10)9-13-8-11(2)4-6-15(13)14;1-7-6-10(4,5)9(3)8(7)2;;;/h3-7H,9H2,1-2H3;1-5H3;2*1H;/q;;;;+2/p-2. The molecule has 0 radical (unpaired) electrons. The van der Waals surface area contributed by atoms with Gasteiger partial charge in [0.1, 0.15) is 0 Å². The fraction of sp³-hybridized carbons (Fsp3) is 0.360. The maximum Gasteiger partial charge on any atom is -1.00 e. The average molecular weight is 491 g/mol. The number of benzene rings is 2. The van der Waals surface area contributed by atoms with Crippen molar-refractivity contribution in [2.45, 2.75) is 54.9 Å². The van der Waals surface area contributed by atoms with Crippen molar-refractivity contribution >= 4 is 3.27 Å². The summed E-state index contributed by atoms with van der Waals surface area (Å²) in [5.74, 6) is 0. The third-order valence-corrected chi connectivity index (χ3v) is 12.2. The molecule has 0 atom stereocenters. The van der Waals surface area contributed by atoms with Gasteiger partial charge in [-0.25, -0.2) is 0 Å². The van der Waals surface area contributed by atoms with Crippen molar-refractivity contribution in [1.82, 2.24) is 0 Å². The molecule has 0 bridgehead atoms. The van der Waals surface area contributed by atoms with E-state index in [0.717, 1.165) is 6.42 Å². The van der Waals surface area contributed by atoms with Gasteiger partial charge >= 0.3 is 171 Å². The van der Waals surface area contributed by atoms with Crippen LogP contribution in [0.25, 0.3) is 11.1 Å². The molecule has 2 aliphatic rings. The summed E-state index contributed by atoms with van der Waals surface area (Å²) >= 11 is -0.838. The first-order valence-electron chi connectivity index (χ1n) is 9.61. The Labute approximate surface area is 194 Å². The van der Waals surface area contributed by atoms with Gasteiger partial charge in [-0.2, -0.15) is 0 Å². The Balaban J connectivity index is 0.00000140. The van der Waals surface area contributed by atoms with E-state index in [0.29, 0.717) is 0 Å². The summed E-state index contributed by atoms with van der Waals surface area (Å²) in [6.45, 7) is 16.4. The molecule has 0 amide bonds. The predicted molar refractivity (Wildman–Crippen MR) is 109 cm³/mol. The maximum atomic E-state index is 2.44. The predicted octanol–water partition coefficient (Wildman–Crippen LogP) is 0.241. The number of aryl methyl sites for hydroxylation is 2. The van der Waals surface area contributed by atoms with Crippen molar-refractivity contribution in [3.05, 3.63) is 72.6 Å². The topological polar surface area (TPSA) is 0 Å². The summed E-state index contributed by atoms with van der Waals surface area (Å²) in [5, 5.41) is 0. The molecule has 0 fully saturated rings. The van der Waals surface area contributed by atoms with Gasteiger partial charge in [0.15, 0.2) is 0 Å². The fourth-order valence-electron chi connectivity index (χ4n) is 4.67. The van der Waals surface area contributed by atoms with Crippen molar-refractivity contribution in [3.63, 3.8) is 0 Å². The van der Waals surface area contributed by atoms with Gasteiger partial charge in [-0.15, -0.1) is 0 Å². The second-order valence-electron chi connectivity index (χ2n) is 8.62. The normalized spacial score (nSPS) is 16.2. The molecule has 2 aliphatic carbocycles. The number of fused-ring (bicyclic) bond motifs is 3.